The van der Waals surface area contributed by atoms with E-state index in [4.69, 9.17) is 9.47 Å². The summed E-state index contributed by atoms with van der Waals surface area (Å²) in [6.45, 7) is 7.36. The monoisotopic (exact) mass is 342 g/mol. The highest BCUT2D eigenvalue weighted by atomic mass is 16.5. The molecule has 0 aliphatic carbocycles. The number of aliphatic hydroxyl groups excluding tert-OH is 1. The first-order valence-electron chi connectivity index (χ1n) is 8.20. The summed E-state index contributed by atoms with van der Waals surface area (Å²) in [5.41, 5.74) is 2.15. The van der Waals surface area contributed by atoms with Gasteiger partial charge in [-0.25, -0.2) is 9.98 Å². The smallest absolute Gasteiger partial charge is 0.222 e. The number of nitrogens with zero attached hydrogens (tertiary/aromatic N) is 4. The molecule has 0 spiro atoms. The summed E-state index contributed by atoms with van der Waals surface area (Å²) in [6.07, 6.45) is 5.04. The van der Waals surface area contributed by atoms with Gasteiger partial charge in [0, 0.05) is 37.1 Å². The molecule has 1 saturated heterocycles. The van der Waals surface area contributed by atoms with Crippen LogP contribution in [0.4, 0.5) is 0 Å². The molecule has 1 aromatic heterocycles. The van der Waals surface area contributed by atoms with E-state index in [1.807, 2.05) is 13.0 Å². The molecule has 1 N–H and O–H groups in total. The van der Waals surface area contributed by atoms with E-state index in [0.717, 1.165) is 31.8 Å². The Balaban J connectivity index is 1.84. The lowest BCUT2D eigenvalue weighted by molar-refractivity contribution is 0.0822. The Kier molecular flexibility index (Phi) is 5.14. The minimum atomic E-state index is -0.0349. The quantitative estimate of drug-likeness (QED) is 0.851. The Hall–Kier alpha value is -2.67. The van der Waals surface area contributed by atoms with Gasteiger partial charge in [0.25, 0.3) is 0 Å². The van der Waals surface area contributed by atoms with Gasteiger partial charge in [-0.3, -0.25) is 0 Å². The first-order chi connectivity index (χ1) is 12.1. The number of aromatic nitrogens is 1. The van der Waals surface area contributed by atoms with Crippen molar-refractivity contribution in [3.8, 4) is 5.88 Å². The number of hydrazone groups is 1. The van der Waals surface area contributed by atoms with Gasteiger partial charge in [0.15, 0.2) is 5.82 Å². The van der Waals surface area contributed by atoms with Crippen LogP contribution in [-0.2, 0) is 4.74 Å². The van der Waals surface area contributed by atoms with E-state index >= 15 is 0 Å². The first-order valence-corrected chi connectivity index (χ1v) is 8.20. The summed E-state index contributed by atoms with van der Waals surface area (Å²) in [7, 11) is 1.54. The van der Waals surface area contributed by atoms with Crippen LogP contribution in [0.15, 0.2) is 52.8 Å². The lowest BCUT2D eigenvalue weighted by atomic mass is 9.96. The molecule has 2 aliphatic heterocycles. The normalized spacial score (nSPS) is 19.5. The van der Waals surface area contributed by atoms with Crippen LogP contribution in [0.2, 0.25) is 0 Å². The van der Waals surface area contributed by atoms with Crippen LogP contribution in [0.3, 0.4) is 0 Å². The Morgan fingerprint density at radius 1 is 1.44 bits per heavy atom. The van der Waals surface area contributed by atoms with Crippen LogP contribution < -0.4 is 4.74 Å². The zero-order valence-electron chi connectivity index (χ0n) is 14.5. The van der Waals surface area contributed by atoms with Crippen molar-refractivity contribution >= 4 is 11.4 Å². The molecular formula is C18H22N4O3. The van der Waals surface area contributed by atoms with E-state index in [1.54, 1.807) is 19.4 Å². The van der Waals surface area contributed by atoms with E-state index in [1.165, 1.54) is 11.1 Å². The third kappa shape index (κ3) is 3.71. The topological polar surface area (TPSA) is 79.5 Å². The molecule has 7 heteroatoms. The molecule has 1 aromatic rings. The second-order valence-corrected chi connectivity index (χ2v) is 5.92. The summed E-state index contributed by atoms with van der Waals surface area (Å²) in [5, 5.41) is 16.3. The Morgan fingerprint density at radius 3 is 2.88 bits per heavy atom. The molecular weight excluding hydrogens is 320 g/mol. The maximum atomic E-state index is 10.4. The second kappa shape index (κ2) is 7.48. The Labute approximate surface area is 147 Å². The maximum absolute atomic E-state index is 10.4. The van der Waals surface area contributed by atoms with Gasteiger partial charge in [-0.2, -0.15) is 10.1 Å². The summed E-state index contributed by atoms with van der Waals surface area (Å²) >= 11 is 0. The third-order valence-corrected chi connectivity index (χ3v) is 4.29. The van der Waals surface area contributed by atoms with E-state index in [2.05, 4.69) is 21.7 Å². The van der Waals surface area contributed by atoms with Crippen molar-refractivity contribution in [2.24, 2.45) is 16.0 Å². The van der Waals surface area contributed by atoms with Gasteiger partial charge >= 0.3 is 0 Å². The molecule has 3 heterocycles. The molecule has 0 bridgehead atoms. The standard InChI is InChI=1S/C18H22N4O3/c1-12(14-6-9-25-10-7-14)21-22-13(2)20-16(11-17(22)23)15-5-4-8-19-18(15)24-3/h4-5,8,11,14,23H,2,6-7,9-10H2,1,3H3/b21-12+. The minimum absolute atomic E-state index is 0.0349. The molecule has 0 amide bonds. The van der Waals surface area contributed by atoms with E-state index < -0.39 is 0 Å². The van der Waals surface area contributed by atoms with Gasteiger partial charge < -0.3 is 14.6 Å². The number of methoxy groups -OCH3 is 1. The van der Waals surface area contributed by atoms with Gasteiger partial charge in [-0.05, 0) is 31.9 Å². The molecule has 1 fully saturated rings. The molecule has 0 atom stereocenters. The van der Waals surface area contributed by atoms with Crippen molar-refractivity contribution in [1.82, 2.24) is 9.99 Å². The fraction of sp³-hybridized carbons (Fsp3) is 0.389. The van der Waals surface area contributed by atoms with Crippen LogP contribution in [0.1, 0.15) is 25.3 Å². The van der Waals surface area contributed by atoms with E-state index in [0.29, 0.717) is 28.9 Å². The fourth-order valence-corrected chi connectivity index (χ4v) is 2.88. The third-order valence-electron chi connectivity index (χ3n) is 4.29. The number of hydrogen-bond donors (Lipinski definition) is 1. The minimum Gasteiger partial charge on any atom is -0.493 e. The summed E-state index contributed by atoms with van der Waals surface area (Å²) in [5.74, 6) is 1.09. The number of allylic oxidation sites excluding steroid dienone is 1. The average Bonchev–Trinajstić information content (AvgIpc) is 2.65. The molecule has 3 rings (SSSR count). The van der Waals surface area contributed by atoms with Crippen molar-refractivity contribution < 1.29 is 14.6 Å². The molecule has 0 saturated carbocycles. The number of rotatable bonds is 4. The molecule has 2 aliphatic rings. The van der Waals surface area contributed by atoms with Crippen LogP contribution >= 0.6 is 0 Å². The summed E-state index contributed by atoms with van der Waals surface area (Å²) in [6, 6.07) is 3.61. The SMILES string of the molecule is C=C1N=C(c2cccnc2OC)C=C(O)N1/N=C(\C)C1CCOCC1. The van der Waals surface area contributed by atoms with Gasteiger partial charge in [0.1, 0.15) is 0 Å². The Morgan fingerprint density at radius 2 is 2.20 bits per heavy atom. The number of hydrogen-bond acceptors (Lipinski definition) is 7. The van der Waals surface area contributed by atoms with Gasteiger partial charge in [0.05, 0.1) is 18.4 Å². The first kappa shape index (κ1) is 17.2. The Bertz CT molecular complexity index is 748. The summed E-state index contributed by atoms with van der Waals surface area (Å²) in [4.78, 5) is 8.61. The molecule has 0 radical (unpaired) electrons. The fourth-order valence-electron chi connectivity index (χ4n) is 2.88. The lowest BCUT2D eigenvalue weighted by Crippen LogP contribution is -2.27. The summed E-state index contributed by atoms with van der Waals surface area (Å²) < 4.78 is 10.6. The highest BCUT2D eigenvalue weighted by molar-refractivity contribution is 6.11. The van der Waals surface area contributed by atoms with Gasteiger partial charge in [-0.1, -0.05) is 6.58 Å². The van der Waals surface area contributed by atoms with Crippen molar-refractivity contribution in [3.05, 3.63) is 48.3 Å². The van der Waals surface area contributed by atoms with Crippen LogP contribution in [0.25, 0.3) is 0 Å². The average molecular weight is 342 g/mol. The molecule has 0 aromatic carbocycles. The largest absolute Gasteiger partial charge is 0.493 e. The highest BCUT2D eigenvalue weighted by Crippen LogP contribution is 2.25. The van der Waals surface area contributed by atoms with Crippen molar-refractivity contribution in [2.45, 2.75) is 19.8 Å². The molecule has 7 nitrogen and oxygen atoms in total. The van der Waals surface area contributed by atoms with Crippen molar-refractivity contribution in [2.75, 3.05) is 20.3 Å². The second-order valence-electron chi connectivity index (χ2n) is 5.92. The van der Waals surface area contributed by atoms with Crippen molar-refractivity contribution in [3.63, 3.8) is 0 Å². The predicted octanol–water partition coefficient (Wildman–Crippen LogP) is 2.87. The number of aliphatic imine (C=N–C) groups is 1. The number of pyridine rings is 1. The molecule has 0 unspecified atom stereocenters. The van der Waals surface area contributed by atoms with Crippen LogP contribution in [-0.4, -0.2) is 46.8 Å². The molecule has 25 heavy (non-hydrogen) atoms. The zero-order valence-corrected chi connectivity index (χ0v) is 14.5. The van der Waals surface area contributed by atoms with Crippen LogP contribution in [0.5, 0.6) is 5.88 Å². The van der Waals surface area contributed by atoms with E-state index in [9.17, 15) is 5.11 Å². The molecule has 132 valence electrons. The lowest BCUT2D eigenvalue weighted by Gasteiger charge is -2.26. The van der Waals surface area contributed by atoms with Crippen molar-refractivity contribution in [1.29, 1.82) is 0 Å². The maximum Gasteiger partial charge on any atom is 0.222 e. The zero-order chi connectivity index (χ0) is 17.8. The van der Waals surface area contributed by atoms with Gasteiger partial charge in [-0.15, -0.1) is 0 Å². The predicted molar refractivity (Wildman–Crippen MR) is 95.7 cm³/mol. The van der Waals surface area contributed by atoms with Gasteiger partial charge in [0.2, 0.25) is 11.8 Å². The van der Waals surface area contributed by atoms with Crippen LogP contribution in [0, 0.1) is 5.92 Å². The number of aliphatic hydroxyl groups is 1. The van der Waals surface area contributed by atoms with E-state index in [-0.39, 0.29) is 5.88 Å². The highest BCUT2D eigenvalue weighted by Gasteiger charge is 2.23. The number of ether oxygens (including phenoxy) is 2.